The summed E-state index contributed by atoms with van der Waals surface area (Å²) >= 11 is 1.90. The molecule has 1 saturated heterocycles. The van der Waals surface area contributed by atoms with E-state index in [0.29, 0.717) is 12.1 Å². The van der Waals surface area contributed by atoms with Crippen molar-refractivity contribution in [1.29, 1.82) is 0 Å². The van der Waals surface area contributed by atoms with Gasteiger partial charge in [0, 0.05) is 11.8 Å². The second-order valence-corrected chi connectivity index (χ2v) is 6.66. The fraction of sp³-hybridized carbons (Fsp3) is 0.923. The molecule has 0 aromatic heterocycles. The monoisotopic (exact) mass is 240 g/mol. The molecule has 0 aromatic carbocycles. The molecule has 1 heterocycles. The molecule has 0 radical (unpaired) electrons. The van der Waals surface area contributed by atoms with Crippen LogP contribution in [-0.4, -0.2) is 23.0 Å². The highest BCUT2D eigenvalue weighted by Gasteiger charge is 2.26. The Labute approximate surface area is 104 Å². The summed E-state index contributed by atoms with van der Waals surface area (Å²) in [5, 5.41) is 4.71. The van der Waals surface area contributed by atoms with Crippen LogP contribution < -0.4 is 5.32 Å². The fourth-order valence-corrected chi connectivity index (χ4v) is 3.88. The van der Waals surface area contributed by atoms with Gasteiger partial charge >= 0.3 is 0 Å². The van der Waals surface area contributed by atoms with E-state index in [4.69, 9.17) is 4.99 Å². The van der Waals surface area contributed by atoms with Gasteiger partial charge < -0.3 is 5.32 Å². The Kier molecular flexibility index (Phi) is 4.17. The SMILES string of the molecule is CC1CCC(N=C2NC(C)CCS2)C(C)C1. The first kappa shape index (κ1) is 12.3. The van der Waals surface area contributed by atoms with Crippen LogP contribution in [0.2, 0.25) is 0 Å². The molecule has 0 bridgehead atoms. The van der Waals surface area contributed by atoms with Gasteiger partial charge in [-0.25, -0.2) is 0 Å². The molecule has 2 fully saturated rings. The Bertz CT molecular complexity index is 265. The molecule has 0 amide bonds. The van der Waals surface area contributed by atoms with E-state index in [9.17, 15) is 0 Å². The number of rotatable bonds is 1. The third kappa shape index (κ3) is 3.16. The van der Waals surface area contributed by atoms with Crippen molar-refractivity contribution in [3.63, 3.8) is 0 Å². The van der Waals surface area contributed by atoms with Crippen LogP contribution in [-0.2, 0) is 0 Å². The predicted octanol–water partition coefficient (Wildman–Crippen LogP) is 3.28. The lowest BCUT2D eigenvalue weighted by Crippen LogP contribution is -2.37. The van der Waals surface area contributed by atoms with E-state index in [-0.39, 0.29) is 0 Å². The van der Waals surface area contributed by atoms with Gasteiger partial charge in [-0.15, -0.1) is 0 Å². The summed E-state index contributed by atoms with van der Waals surface area (Å²) in [5.74, 6) is 2.89. The van der Waals surface area contributed by atoms with E-state index in [1.165, 1.54) is 36.6 Å². The molecule has 16 heavy (non-hydrogen) atoms. The smallest absolute Gasteiger partial charge is 0.157 e. The Morgan fingerprint density at radius 1 is 1.19 bits per heavy atom. The van der Waals surface area contributed by atoms with Crippen molar-refractivity contribution in [3.8, 4) is 0 Å². The highest BCUT2D eigenvalue weighted by atomic mass is 32.2. The van der Waals surface area contributed by atoms with Gasteiger partial charge in [-0.1, -0.05) is 25.6 Å². The first-order chi connectivity index (χ1) is 7.65. The molecule has 1 N–H and O–H groups in total. The highest BCUT2D eigenvalue weighted by Crippen LogP contribution is 2.31. The Morgan fingerprint density at radius 2 is 2.00 bits per heavy atom. The van der Waals surface area contributed by atoms with Crippen molar-refractivity contribution in [1.82, 2.24) is 5.32 Å². The minimum absolute atomic E-state index is 0.566. The third-order valence-corrected chi connectivity index (χ3v) is 4.77. The molecule has 1 aliphatic carbocycles. The van der Waals surface area contributed by atoms with Gasteiger partial charge in [-0.2, -0.15) is 0 Å². The average Bonchev–Trinajstić information content (AvgIpc) is 2.22. The minimum Gasteiger partial charge on any atom is -0.362 e. The predicted molar refractivity (Wildman–Crippen MR) is 73.1 cm³/mol. The molecule has 1 saturated carbocycles. The number of aliphatic imine (C=N–C) groups is 1. The number of amidine groups is 1. The zero-order chi connectivity index (χ0) is 11.5. The van der Waals surface area contributed by atoms with Crippen LogP contribution >= 0.6 is 11.8 Å². The standard InChI is InChI=1S/C13H24N2S/c1-9-4-5-12(10(2)8-9)15-13-14-11(3)6-7-16-13/h9-12H,4-8H2,1-3H3,(H,14,15). The summed E-state index contributed by atoms with van der Waals surface area (Å²) in [7, 11) is 0. The lowest BCUT2D eigenvalue weighted by Gasteiger charge is -2.31. The maximum atomic E-state index is 4.93. The number of thioether (sulfide) groups is 1. The second-order valence-electron chi connectivity index (χ2n) is 5.58. The van der Waals surface area contributed by atoms with Crippen molar-refractivity contribution in [3.05, 3.63) is 0 Å². The molecular formula is C13H24N2S. The van der Waals surface area contributed by atoms with E-state index >= 15 is 0 Å². The van der Waals surface area contributed by atoms with Crippen LogP contribution in [0.5, 0.6) is 0 Å². The largest absolute Gasteiger partial charge is 0.362 e. The van der Waals surface area contributed by atoms with Crippen molar-refractivity contribution in [2.75, 3.05) is 5.75 Å². The maximum Gasteiger partial charge on any atom is 0.157 e. The van der Waals surface area contributed by atoms with Crippen LogP contribution in [0, 0.1) is 11.8 Å². The Hall–Kier alpha value is -0.180. The number of hydrogen-bond donors (Lipinski definition) is 1. The molecule has 4 atom stereocenters. The fourth-order valence-electron chi connectivity index (χ4n) is 2.72. The first-order valence-corrected chi connectivity index (χ1v) is 7.61. The number of nitrogens with one attached hydrogen (secondary N) is 1. The van der Waals surface area contributed by atoms with Gasteiger partial charge in [-0.05, 0) is 44.4 Å². The average molecular weight is 240 g/mol. The zero-order valence-corrected chi connectivity index (χ0v) is 11.5. The van der Waals surface area contributed by atoms with Crippen molar-refractivity contribution in [2.45, 2.75) is 58.5 Å². The summed E-state index contributed by atoms with van der Waals surface area (Å²) in [5.41, 5.74) is 0. The molecule has 0 aromatic rings. The molecule has 92 valence electrons. The van der Waals surface area contributed by atoms with E-state index in [1.54, 1.807) is 0 Å². The molecule has 2 nitrogen and oxygen atoms in total. The molecule has 2 aliphatic rings. The van der Waals surface area contributed by atoms with E-state index in [0.717, 1.165) is 11.8 Å². The van der Waals surface area contributed by atoms with Crippen molar-refractivity contribution < 1.29 is 0 Å². The Balaban J connectivity index is 1.94. The van der Waals surface area contributed by atoms with Gasteiger partial charge in [0.2, 0.25) is 0 Å². The normalized spacial score (nSPS) is 43.1. The lowest BCUT2D eigenvalue weighted by molar-refractivity contribution is 0.264. The van der Waals surface area contributed by atoms with Crippen LogP contribution in [0.1, 0.15) is 46.5 Å². The summed E-state index contributed by atoms with van der Waals surface area (Å²) < 4.78 is 0. The maximum absolute atomic E-state index is 4.93. The summed E-state index contributed by atoms with van der Waals surface area (Å²) in [6, 6.07) is 1.18. The number of hydrogen-bond acceptors (Lipinski definition) is 2. The molecule has 4 unspecified atom stereocenters. The van der Waals surface area contributed by atoms with E-state index in [1.807, 2.05) is 11.8 Å². The molecular weight excluding hydrogens is 216 g/mol. The van der Waals surface area contributed by atoms with E-state index < -0.39 is 0 Å². The van der Waals surface area contributed by atoms with Crippen LogP contribution in [0.4, 0.5) is 0 Å². The Morgan fingerprint density at radius 3 is 2.69 bits per heavy atom. The van der Waals surface area contributed by atoms with Crippen LogP contribution in [0.15, 0.2) is 4.99 Å². The van der Waals surface area contributed by atoms with Gasteiger partial charge in [-0.3, -0.25) is 4.99 Å². The van der Waals surface area contributed by atoms with Crippen LogP contribution in [0.25, 0.3) is 0 Å². The lowest BCUT2D eigenvalue weighted by atomic mass is 9.80. The first-order valence-electron chi connectivity index (χ1n) is 6.62. The quantitative estimate of drug-likeness (QED) is 0.760. The van der Waals surface area contributed by atoms with E-state index in [2.05, 4.69) is 26.1 Å². The molecule has 3 heteroatoms. The second kappa shape index (κ2) is 5.44. The number of nitrogens with zero attached hydrogens (tertiary/aromatic N) is 1. The molecule has 2 rings (SSSR count). The highest BCUT2D eigenvalue weighted by molar-refractivity contribution is 8.13. The zero-order valence-electron chi connectivity index (χ0n) is 10.7. The van der Waals surface area contributed by atoms with Gasteiger partial charge in [0.05, 0.1) is 6.04 Å². The topological polar surface area (TPSA) is 24.4 Å². The summed E-state index contributed by atoms with van der Waals surface area (Å²) in [6.07, 6.45) is 5.25. The van der Waals surface area contributed by atoms with Gasteiger partial charge in [0.25, 0.3) is 0 Å². The third-order valence-electron chi connectivity index (χ3n) is 3.83. The molecule has 1 aliphatic heterocycles. The van der Waals surface area contributed by atoms with Gasteiger partial charge in [0.15, 0.2) is 5.17 Å². The summed E-state index contributed by atoms with van der Waals surface area (Å²) in [4.78, 5) is 4.93. The van der Waals surface area contributed by atoms with Crippen LogP contribution in [0.3, 0.4) is 0 Å². The molecule has 0 spiro atoms. The summed E-state index contributed by atoms with van der Waals surface area (Å²) in [6.45, 7) is 6.98. The van der Waals surface area contributed by atoms with Crippen molar-refractivity contribution in [2.24, 2.45) is 16.8 Å². The minimum atomic E-state index is 0.566. The van der Waals surface area contributed by atoms with Crippen molar-refractivity contribution >= 4 is 16.9 Å². The van der Waals surface area contributed by atoms with Gasteiger partial charge in [0.1, 0.15) is 0 Å².